The lowest BCUT2D eigenvalue weighted by molar-refractivity contribution is 1.25. The topological polar surface area (TPSA) is 77.8 Å². The number of nitrogens with two attached hydrogens (primary N) is 2. The molecule has 0 amide bonds. The van der Waals surface area contributed by atoms with Crippen LogP contribution in [0.15, 0.2) is 18.2 Å². The van der Waals surface area contributed by atoms with Crippen LogP contribution in [0, 0.1) is 0 Å². The molecule has 0 radical (unpaired) electrons. The highest BCUT2D eigenvalue weighted by Crippen LogP contribution is 2.22. The van der Waals surface area contributed by atoms with Gasteiger partial charge < -0.3 is 11.5 Å². The highest BCUT2D eigenvalue weighted by atomic mass is 35.5. The van der Waals surface area contributed by atoms with Gasteiger partial charge in [-0.25, -0.2) is 4.98 Å². The number of halogens is 1. The summed E-state index contributed by atoms with van der Waals surface area (Å²) >= 11 is 5.79. The average Bonchev–Trinajstić information content (AvgIpc) is 2.06. The minimum atomic E-state index is 0.173. The van der Waals surface area contributed by atoms with E-state index in [2.05, 4.69) is 9.97 Å². The van der Waals surface area contributed by atoms with Gasteiger partial charge >= 0.3 is 0 Å². The normalized spacial score (nSPS) is 10.5. The summed E-state index contributed by atoms with van der Waals surface area (Å²) in [6.45, 7) is 0. The molecule has 0 aliphatic rings. The molecule has 5 heteroatoms. The molecule has 0 saturated carbocycles. The third-order valence-corrected chi connectivity index (χ3v) is 1.94. The van der Waals surface area contributed by atoms with Gasteiger partial charge in [0.25, 0.3) is 0 Å². The number of anilines is 2. The molecule has 0 bridgehead atoms. The minimum absolute atomic E-state index is 0.173. The van der Waals surface area contributed by atoms with Gasteiger partial charge in [-0.3, -0.25) is 0 Å². The Morgan fingerprint density at radius 2 is 1.92 bits per heavy atom. The van der Waals surface area contributed by atoms with Gasteiger partial charge in [-0.1, -0.05) is 11.6 Å². The Bertz CT molecular complexity index is 469. The Balaban J connectivity index is 2.87. The number of benzene rings is 1. The number of nitrogen functional groups attached to an aromatic ring is 2. The molecule has 1 heterocycles. The van der Waals surface area contributed by atoms with Crippen LogP contribution in [-0.4, -0.2) is 9.97 Å². The molecular formula is C8H7ClN4. The van der Waals surface area contributed by atoms with Gasteiger partial charge in [0.1, 0.15) is 5.82 Å². The van der Waals surface area contributed by atoms with E-state index >= 15 is 0 Å². The van der Waals surface area contributed by atoms with E-state index in [-0.39, 0.29) is 5.95 Å². The molecule has 0 saturated heterocycles. The molecule has 0 atom stereocenters. The average molecular weight is 195 g/mol. The standard InChI is InChI=1S/C8H7ClN4/c9-4-1-2-6-5(3-4)7(10)13-8(11)12-6/h1-3H,(H4,10,11,12,13). The first-order valence-corrected chi connectivity index (χ1v) is 4.03. The van der Waals surface area contributed by atoms with E-state index in [9.17, 15) is 0 Å². The first-order chi connectivity index (χ1) is 6.16. The van der Waals surface area contributed by atoms with E-state index in [0.717, 1.165) is 5.39 Å². The van der Waals surface area contributed by atoms with Gasteiger partial charge in [-0.05, 0) is 18.2 Å². The van der Waals surface area contributed by atoms with E-state index in [4.69, 9.17) is 23.1 Å². The lowest BCUT2D eigenvalue weighted by Crippen LogP contribution is -2.00. The van der Waals surface area contributed by atoms with Crippen LogP contribution >= 0.6 is 11.6 Å². The lowest BCUT2D eigenvalue weighted by atomic mass is 10.2. The van der Waals surface area contributed by atoms with Crippen molar-refractivity contribution in [2.45, 2.75) is 0 Å². The number of hydrogen-bond acceptors (Lipinski definition) is 4. The van der Waals surface area contributed by atoms with E-state index in [0.29, 0.717) is 16.4 Å². The molecule has 0 spiro atoms. The van der Waals surface area contributed by atoms with Crippen molar-refractivity contribution < 1.29 is 0 Å². The molecule has 0 unspecified atom stereocenters. The first kappa shape index (κ1) is 8.07. The molecule has 4 N–H and O–H groups in total. The maximum Gasteiger partial charge on any atom is 0.222 e. The highest BCUT2D eigenvalue weighted by molar-refractivity contribution is 6.31. The third kappa shape index (κ3) is 1.36. The largest absolute Gasteiger partial charge is 0.383 e. The van der Waals surface area contributed by atoms with Crippen molar-refractivity contribution in [1.29, 1.82) is 0 Å². The summed E-state index contributed by atoms with van der Waals surface area (Å²) in [6, 6.07) is 5.20. The summed E-state index contributed by atoms with van der Waals surface area (Å²) in [5.41, 5.74) is 11.8. The fourth-order valence-corrected chi connectivity index (χ4v) is 1.32. The molecule has 0 aliphatic heterocycles. The Morgan fingerprint density at radius 3 is 2.69 bits per heavy atom. The predicted octanol–water partition coefficient (Wildman–Crippen LogP) is 1.45. The molecule has 13 heavy (non-hydrogen) atoms. The Hall–Kier alpha value is -1.55. The van der Waals surface area contributed by atoms with Crippen LogP contribution in [0.5, 0.6) is 0 Å². The van der Waals surface area contributed by atoms with Crippen molar-refractivity contribution in [1.82, 2.24) is 9.97 Å². The first-order valence-electron chi connectivity index (χ1n) is 3.65. The van der Waals surface area contributed by atoms with E-state index in [1.807, 2.05) is 0 Å². The van der Waals surface area contributed by atoms with Gasteiger partial charge in [0, 0.05) is 10.4 Å². The molecule has 0 aliphatic carbocycles. The molecule has 2 aromatic rings. The molecular weight excluding hydrogens is 188 g/mol. The summed E-state index contributed by atoms with van der Waals surface area (Å²) in [4.78, 5) is 7.83. The van der Waals surface area contributed by atoms with Gasteiger partial charge in [0.15, 0.2) is 0 Å². The van der Waals surface area contributed by atoms with Crippen molar-refractivity contribution in [3.63, 3.8) is 0 Å². The molecule has 4 nitrogen and oxygen atoms in total. The second-order valence-electron chi connectivity index (χ2n) is 2.63. The van der Waals surface area contributed by atoms with Crippen LogP contribution < -0.4 is 11.5 Å². The molecule has 0 fully saturated rings. The zero-order valence-corrected chi connectivity index (χ0v) is 7.42. The molecule has 66 valence electrons. The van der Waals surface area contributed by atoms with Crippen molar-refractivity contribution in [3.8, 4) is 0 Å². The Kier molecular flexibility index (Phi) is 1.70. The summed E-state index contributed by atoms with van der Waals surface area (Å²) < 4.78 is 0. The summed E-state index contributed by atoms with van der Waals surface area (Å²) in [5.74, 6) is 0.525. The molecule has 1 aromatic heterocycles. The van der Waals surface area contributed by atoms with E-state index in [1.54, 1.807) is 18.2 Å². The van der Waals surface area contributed by atoms with Gasteiger partial charge in [-0.15, -0.1) is 0 Å². The van der Waals surface area contributed by atoms with E-state index < -0.39 is 0 Å². The summed E-state index contributed by atoms with van der Waals surface area (Å²) in [7, 11) is 0. The summed E-state index contributed by atoms with van der Waals surface area (Å²) in [5, 5.41) is 1.33. The molecule has 1 aromatic carbocycles. The van der Waals surface area contributed by atoms with Crippen molar-refractivity contribution in [3.05, 3.63) is 23.2 Å². The van der Waals surface area contributed by atoms with Crippen molar-refractivity contribution in [2.24, 2.45) is 0 Å². The fourth-order valence-electron chi connectivity index (χ4n) is 1.14. The maximum absolute atomic E-state index is 5.79. The second kappa shape index (κ2) is 2.74. The zero-order valence-electron chi connectivity index (χ0n) is 6.66. The quantitative estimate of drug-likeness (QED) is 0.666. The maximum atomic E-state index is 5.79. The molecule has 2 rings (SSSR count). The minimum Gasteiger partial charge on any atom is -0.383 e. The number of hydrogen-bond donors (Lipinski definition) is 2. The van der Waals surface area contributed by atoms with Crippen LogP contribution in [0.2, 0.25) is 5.02 Å². The highest BCUT2D eigenvalue weighted by Gasteiger charge is 2.02. The van der Waals surface area contributed by atoms with Crippen LogP contribution in [0.3, 0.4) is 0 Å². The smallest absolute Gasteiger partial charge is 0.222 e. The van der Waals surface area contributed by atoms with Crippen LogP contribution in [0.25, 0.3) is 10.9 Å². The SMILES string of the molecule is Nc1nc(N)c2cc(Cl)ccc2n1. The third-order valence-electron chi connectivity index (χ3n) is 1.70. The second-order valence-corrected chi connectivity index (χ2v) is 3.06. The lowest BCUT2D eigenvalue weighted by Gasteiger charge is -2.01. The zero-order chi connectivity index (χ0) is 9.42. The predicted molar refractivity (Wildman–Crippen MR) is 53.4 cm³/mol. The Labute approximate surface area is 79.5 Å². The van der Waals surface area contributed by atoms with Gasteiger partial charge in [-0.2, -0.15) is 4.98 Å². The number of nitrogens with zero attached hydrogens (tertiary/aromatic N) is 2. The van der Waals surface area contributed by atoms with E-state index in [1.165, 1.54) is 0 Å². The van der Waals surface area contributed by atoms with Crippen LogP contribution in [0.1, 0.15) is 0 Å². The summed E-state index contributed by atoms with van der Waals surface area (Å²) in [6.07, 6.45) is 0. The Morgan fingerprint density at radius 1 is 1.15 bits per heavy atom. The number of aromatic nitrogens is 2. The number of rotatable bonds is 0. The van der Waals surface area contributed by atoms with Crippen molar-refractivity contribution >= 4 is 34.3 Å². The van der Waals surface area contributed by atoms with Gasteiger partial charge in [0.05, 0.1) is 5.52 Å². The fraction of sp³-hybridized carbons (Fsp3) is 0. The van der Waals surface area contributed by atoms with Crippen molar-refractivity contribution in [2.75, 3.05) is 11.5 Å². The van der Waals surface area contributed by atoms with Gasteiger partial charge in [0.2, 0.25) is 5.95 Å². The van der Waals surface area contributed by atoms with Crippen LogP contribution in [0.4, 0.5) is 11.8 Å². The monoisotopic (exact) mass is 194 g/mol. The van der Waals surface area contributed by atoms with Crippen LogP contribution in [-0.2, 0) is 0 Å². The number of fused-ring (bicyclic) bond motifs is 1.